The van der Waals surface area contributed by atoms with E-state index in [9.17, 15) is 4.79 Å². The highest BCUT2D eigenvalue weighted by Gasteiger charge is 2.22. The second kappa shape index (κ2) is 8.11. The first-order valence-corrected chi connectivity index (χ1v) is 7.79. The second-order valence-corrected chi connectivity index (χ2v) is 5.96. The quantitative estimate of drug-likeness (QED) is 0.814. The van der Waals surface area contributed by atoms with E-state index in [2.05, 4.69) is 4.90 Å². The summed E-state index contributed by atoms with van der Waals surface area (Å²) in [7, 11) is 0. The molecule has 0 saturated carbocycles. The molecule has 1 heterocycles. The summed E-state index contributed by atoms with van der Waals surface area (Å²) >= 11 is 12.0. The fourth-order valence-corrected chi connectivity index (χ4v) is 2.85. The van der Waals surface area contributed by atoms with Crippen LogP contribution in [0.3, 0.4) is 0 Å². The van der Waals surface area contributed by atoms with E-state index in [1.165, 1.54) is 0 Å². The molecule has 21 heavy (non-hydrogen) atoms. The summed E-state index contributed by atoms with van der Waals surface area (Å²) in [6, 6.07) is 4.93. The minimum absolute atomic E-state index is 0.0165. The number of likely N-dealkylation sites (tertiary alicyclic amines) is 1. The SMILES string of the molecule is O=C(CN1CCC(OCCO)CC1)c1cc(Cl)ccc1Cl. The highest BCUT2D eigenvalue weighted by molar-refractivity contribution is 6.36. The summed E-state index contributed by atoms with van der Waals surface area (Å²) in [4.78, 5) is 14.4. The van der Waals surface area contributed by atoms with Gasteiger partial charge in [-0.1, -0.05) is 23.2 Å². The van der Waals surface area contributed by atoms with Crippen molar-refractivity contribution < 1.29 is 14.6 Å². The number of carbonyl (C=O) groups excluding carboxylic acids is 1. The molecule has 1 fully saturated rings. The summed E-state index contributed by atoms with van der Waals surface area (Å²) in [5.41, 5.74) is 0.475. The van der Waals surface area contributed by atoms with Crippen molar-refractivity contribution in [3.8, 4) is 0 Å². The van der Waals surface area contributed by atoms with E-state index in [1.54, 1.807) is 18.2 Å². The summed E-state index contributed by atoms with van der Waals surface area (Å²) in [6.07, 6.45) is 1.92. The van der Waals surface area contributed by atoms with Crippen LogP contribution in [0.1, 0.15) is 23.2 Å². The predicted molar refractivity (Wildman–Crippen MR) is 83.3 cm³/mol. The number of halogens is 2. The Morgan fingerprint density at radius 2 is 2.05 bits per heavy atom. The zero-order valence-electron chi connectivity index (χ0n) is 11.7. The van der Waals surface area contributed by atoms with Gasteiger partial charge in [-0.25, -0.2) is 0 Å². The zero-order valence-corrected chi connectivity index (χ0v) is 13.2. The van der Waals surface area contributed by atoms with Crippen molar-refractivity contribution in [2.75, 3.05) is 32.8 Å². The van der Waals surface area contributed by atoms with E-state index in [0.29, 0.717) is 28.8 Å². The van der Waals surface area contributed by atoms with E-state index in [1.807, 2.05) is 0 Å². The Hall–Kier alpha value is -0.650. The van der Waals surface area contributed by atoms with Crippen molar-refractivity contribution in [3.05, 3.63) is 33.8 Å². The predicted octanol–water partition coefficient (Wildman–Crippen LogP) is 2.65. The Morgan fingerprint density at radius 3 is 2.71 bits per heavy atom. The number of aliphatic hydroxyl groups excluding tert-OH is 1. The lowest BCUT2D eigenvalue weighted by atomic mass is 10.1. The number of benzene rings is 1. The van der Waals surface area contributed by atoms with Crippen molar-refractivity contribution in [1.82, 2.24) is 4.90 Å². The average Bonchev–Trinajstić information content (AvgIpc) is 2.49. The highest BCUT2D eigenvalue weighted by Crippen LogP contribution is 2.22. The third-order valence-corrected chi connectivity index (χ3v) is 4.14. The summed E-state index contributed by atoms with van der Waals surface area (Å²) in [5, 5.41) is 9.69. The van der Waals surface area contributed by atoms with Crippen molar-refractivity contribution >= 4 is 29.0 Å². The van der Waals surface area contributed by atoms with Gasteiger partial charge in [0.15, 0.2) is 5.78 Å². The molecule has 0 radical (unpaired) electrons. The molecule has 1 N–H and O–H groups in total. The maximum absolute atomic E-state index is 12.3. The Kier molecular flexibility index (Phi) is 6.45. The van der Waals surface area contributed by atoms with E-state index >= 15 is 0 Å². The van der Waals surface area contributed by atoms with Gasteiger partial charge in [0, 0.05) is 23.7 Å². The largest absolute Gasteiger partial charge is 0.394 e. The first-order valence-electron chi connectivity index (χ1n) is 7.03. The highest BCUT2D eigenvalue weighted by atomic mass is 35.5. The van der Waals surface area contributed by atoms with Crippen molar-refractivity contribution in [1.29, 1.82) is 0 Å². The molecule has 0 amide bonds. The number of nitrogens with zero attached hydrogens (tertiary/aromatic N) is 1. The number of carbonyl (C=O) groups is 1. The topological polar surface area (TPSA) is 49.8 Å². The van der Waals surface area contributed by atoms with Gasteiger partial charge in [-0.2, -0.15) is 0 Å². The molecule has 116 valence electrons. The van der Waals surface area contributed by atoms with E-state index in [4.69, 9.17) is 33.0 Å². The Labute approximate surface area is 134 Å². The monoisotopic (exact) mass is 331 g/mol. The van der Waals surface area contributed by atoms with Gasteiger partial charge in [-0.3, -0.25) is 9.69 Å². The van der Waals surface area contributed by atoms with Crippen LogP contribution in [0, 0.1) is 0 Å². The van der Waals surface area contributed by atoms with Crippen LogP contribution >= 0.6 is 23.2 Å². The molecule has 2 rings (SSSR count). The fraction of sp³-hybridized carbons (Fsp3) is 0.533. The van der Waals surface area contributed by atoms with Crippen LogP contribution in [0.15, 0.2) is 18.2 Å². The first-order chi connectivity index (χ1) is 10.1. The number of rotatable bonds is 6. The summed E-state index contributed by atoms with van der Waals surface area (Å²) in [5.74, 6) is -0.0165. The molecule has 1 aromatic carbocycles. The molecule has 1 aliphatic rings. The van der Waals surface area contributed by atoms with Gasteiger partial charge in [0.1, 0.15) is 0 Å². The standard InChI is InChI=1S/C15H19Cl2NO3/c16-11-1-2-14(17)13(9-11)15(20)10-18-5-3-12(4-6-18)21-8-7-19/h1-2,9,12,19H,3-8,10H2. The van der Waals surface area contributed by atoms with Gasteiger partial charge in [0.2, 0.25) is 0 Å². The van der Waals surface area contributed by atoms with Crippen LogP contribution in [0.2, 0.25) is 10.0 Å². The number of hydrogen-bond acceptors (Lipinski definition) is 4. The number of hydrogen-bond donors (Lipinski definition) is 1. The molecule has 0 bridgehead atoms. The van der Waals surface area contributed by atoms with E-state index < -0.39 is 0 Å². The molecule has 0 unspecified atom stereocenters. The van der Waals surface area contributed by atoms with Gasteiger partial charge < -0.3 is 9.84 Å². The smallest absolute Gasteiger partial charge is 0.178 e. The molecule has 0 aliphatic carbocycles. The molecule has 0 atom stereocenters. The maximum atomic E-state index is 12.3. The van der Waals surface area contributed by atoms with Crippen LogP contribution in [0.4, 0.5) is 0 Å². The summed E-state index contributed by atoms with van der Waals surface area (Å²) in [6.45, 7) is 2.38. The first kappa shape index (κ1) is 16.7. The number of aliphatic hydroxyl groups is 1. The number of ketones is 1. The van der Waals surface area contributed by atoms with Gasteiger partial charge in [-0.05, 0) is 31.0 Å². The zero-order chi connectivity index (χ0) is 15.2. The fourth-order valence-electron chi connectivity index (χ4n) is 2.45. The molecule has 1 aromatic rings. The molecule has 4 nitrogen and oxygen atoms in total. The van der Waals surface area contributed by atoms with Crippen LogP contribution in [0.25, 0.3) is 0 Å². The van der Waals surface area contributed by atoms with Gasteiger partial charge in [-0.15, -0.1) is 0 Å². The maximum Gasteiger partial charge on any atom is 0.178 e. The van der Waals surface area contributed by atoms with Crippen molar-refractivity contribution in [2.24, 2.45) is 0 Å². The van der Waals surface area contributed by atoms with Gasteiger partial charge in [0.25, 0.3) is 0 Å². The molecule has 0 aromatic heterocycles. The molecule has 1 saturated heterocycles. The normalized spacial score (nSPS) is 17.1. The lowest BCUT2D eigenvalue weighted by Crippen LogP contribution is -2.40. The number of ether oxygens (including phenoxy) is 1. The lowest BCUT2D eigenvalue weighted by molar-refractivity contribution is -0.00689. The minimum Gasteiger partial charge on any atom is -0.394 e. The van der Waals surface area contributed by atoms with Gasteiger partial charge >= 0.3 is 0 Å². The van der Waals surface area contributed by atoms with Crippen LogP contribution < -0.4 is 0 Å². The lowest BCUT2D eigenvalue weighted by Gasteiger charge is -2.31. The minimum atomic E-state index is -0.0165. The van der Waals surface area contributed by atoms with E-state index in [0.717, 1.165) is 25.9 Å². The van der Waals surface area contributed by atoms with E-state index in [-0.39, 0.29) is 18.5 Å². The molecule has 6 heteroatoms. The second-order valence-electron chi connectivity index (χ2n) is 5.12. The Bertz CT molecular complexity index is 488. The number of piperidine rings is 1. The molecular formula is C15H19Cl2NO3. The Morgan fingerprint density at radius 1 is 1.33 bits per heavy atom. The molecular weight excluding hydrogens is 313 g/mol. The Balaban J connectivity index is 1.85. The third kappa shape index (κ3) is 4.94. The van der Waals surface area contributed by atoms with Crippen molar-refractivity contribution in [3.63, 3.8) is 0 Å². The van der Waals surface area contributed by atoms with Crippen LogP contribution in [0.5, 0.6) is 0 Å². The van der Waals surface area contributed by atoms with Gasteiger partial charge in [0.05, 0.1) is 30.9 Å². The number of Topliss-reactive ketones (excluding diaryl/α,β-unsaturated/α-hetero) is 1. The average molecular weight is 332 g/mol. The molecule has 1 aliphatic heterocycles. The molecule has 0 spiro atoms. The van der Waals surface area contributed by atoms with Crippen LogP contribution in [-0.2, 0) is 4.74 Å². The van der Waals surface area contributed by atoms with Crippen LogP contribution in [-0.4, -0.2) is 54.7 Å². The van der Waals surface area contributed by atoms with Crippen molar-refractivity contribution in [2.45, 2.75) is 18.9 Å². The third-order valence-electron chi connectivity index (χ3n) is 3.58. The summed E-state index contributed by atoms with van der Waals surface area (Å²) < 4.78 is 5.50.